The molecule has 2 N–H and O–H groups in total. The molecule has 16 heavy (non-hydrogen) atoms. The van der Waals surface area contributed by atoms with E-state index in [9.17, 15) is 17.2 Å². The van der Waals surface area contributed by atoms with E-state index in [2.05, 4.69) is 4.18 Å². The lowest BCUT2D eigenvalue weighted by Gasteiger charge is -2.30. The minimum Gasteiger partial charge on any atom is -0.363 e. The average molecular weight is 262 g/mol. The summed E-state index contributed by atoms with van der Waals surface area (Å²) in [5, 5.41) is 17.0. The molecule has 0 aliphatic carbocycles. The Morgan fingerprint density at radius 1 is 1.38 bits per heavy atom. The van der Waals surface area contributed by atoms with Crippen LogP contribution < -0.4 is 0 Å². The van der Waals surface area contributed by atoms with Crippen LogP contribution in [0, 0.1) is 5.92 Å². The van der Waals surface area contributed by atoms with Crippen molar-refractivity contribution in [1.29, 1.82) is 0 Å². The van der Waals surface area contributed by atoms with Crippen molar-refractivity contribution in [1.82, 2.24) is 0 Å². The van der Waals surface area contributed by atoms with Crippen LogP contribution in [0.15, 0.2) is 0 Å². The highest BCUT2D eigenvalue weighted by molar-refractivity contribution is 7.86. The predicted molar refractivity (Wildman–Crippen MR) is 52.3 cm³/mol. The monoisotopic (exact) mass is 262 g/mol. The normalized spacial score (nSPS) is 17.5. The molecule has 0 aliphatic heterocycles. The van der Waals surface area contributed by atoms with Gasteiger partial charge in [0, 0.05) is 0 Å². The molecule has 0 amide bonds. The van der Waals surface area contributed by atoms with E-state index in [4.69, 9.17) is 10.2 Å². The first-order chi connectivity index (χ1) is 7.02. The Balaban J connectivity index is 4.85. The summed E-state index contributed by atoms with van der Waals surface area (Å²) in [6, 6.07) is 0. The number of alkyl halides is 2. The Labute approximate surface area is 93.2 Å². The van der Waals surface area contributed by atoms with Gasteiger partial charge in [-0.1, -0.05) is 13.8 Å². The molecule has 0 heterocycles. The maximum atomic E-state index is 13.2. The maximum absolute atomic E-state index is 13.2. The molecule has 0 saturated carbocycles. The molecule has 0 aromatic carbocycles. The average Bonchev–Trinajstić information content (AvgIpc) is 2.11. The van der Waals surface area contributed by atoms with Gasteiger partial charge in [0.15, 0.2) is 0 Å². The number of rotatable bonds is 6. The van der Waals surface area contributed by atoms with Crippen molar-refractivity contribution in [3.8, 4) is 0 Å². The lowest BCUT2D eigenvalue weighted by atomic mass is 9.95. The highest BCUT2D eigenvalue weighted by Gasteiger charge is 2.47. The fourth-order valence-electron chi connectivity index (χ4n) is 1.21. The van der Waals surface area contributed by atoms with E-state index in [1.54, 1.807) is 0 Å². The van der Waals surface area contributed by atoms with E-state index >= 15 is 0 Å². The Bertz CT molecular complexity index is 314. The summed E-state index contributed by atoms with van der Waals surface area (Å²) in [6.07, 6.45) is -3.39. The van der Waals surface area contributed by atoms with E-state index in [1.807, 2.05) is 0 Å². The first kappa shape index (κ1) is 15.7. The van der Waals surface area contributed by atoms with E-state index in [1.165, 1.54) is 6.92 Å². The summed E-state index contributed by atoms with van der Waals surface area (Å²) in [5.41, 5.74) is 0. The van der Waals surface area contributed by atoms with Crippen LogP contribution in [-0.2, 0) is 14.3 Å². The van der Waals surface area contributed by atoms with Crippen molar-refractivity contribution in [2.75, 3.05) is 6.26 Å². The van der Waals surface area contributed by atoms with Crippen LogP contribution in [0.25, 0.3) is 0 Å². The number of hydrogen-bond donors (Lipinski definition) is 2. The number of aliphatic hydroxyl groups is 2. The van der Waals surface area contributed by atoms with Crippen molar-refractivity contribution in [3.63, 3.8) is 0 Å². The van der Waals surface area contributed by atoms with Crippen LogP contribution in [0.1, 0.15) is 20.3 Å². The van der Waals surface area contributed by atoms with Crippen molar-refractivity contribution in [2.24, 2.45) is 5.92 Å². The molecular weight excluding hydrogens is 246 g/mol. The second-order valence-corrected chi connectivity index (χ2v) is 5.18. The van der Waals surface area contributed by atoms with Gasteiger partial charge in [0.2, 0.25) is 6.29 Å². The molecule has 0 fully saturated rings. The Kier molecular flexibility index (Phi) is 5.24. The van der Waals surface area contributed by atoms with Gasteiger partial charge in [0.25, 0.3) is 10.1 Å². The van der Waals surface area contributed by atoms with Gasteiger partial charge in [-0.2, -0.15) is 8.42 Å². The van der Waals surface area contributed by atoms with Crippen LogP contribution >= 0.6 is 0 Å². The molecule has 0 saturated heterocycles. The third-order valence-electron chi connectivity index (χ3n) is 2.21. The maximum Gasteiger partial charge on any atom is 0.302 e. The minimum atomic E-state index is -3.86. The Hall–Kier alpha value is -0.310. The second kappa shape index (κ2) is 5.35. The van der Waals surface area contributed by atoms with Crippen LogP contribution in [0.4, 0.5) is 8.78 Å². The van der Waals surface area contributed by atoms with Gasteiger partial charge in [-0.05, 0) is 6.42 Å². The summed E-state index contributed by atoms with van der Waals surface area (Å²) < 4.78 is 52.4. The summed E-state index contributed by atoms with van der Waals surface area (Å²) >= 11 is 0. The molecule has 0 rings (SSSR count). The van der Waals surface area contributed by atoms with Gasteiger partial charge in [-0.25, -0.2) is 8.78 Å². The van der Waals surface area contributed by atoms with E-state index in [0.717, 1.165) is 13.2 Å². The molecule has 2 atom stereocenters. The van der Waals surface area contributed by atoms with Crippen molar-refractivity contribution in [2.45, 2.75) is 38.6 Å². The van der Waals surface area contributed by atoms with Gasteiger partial charge in [0.05, 0.1) is 18.3 Å². The van der Waals surface area contributed by atoms with Gasteiger partial charge >= 0.3 is 5.92 Å². The third-order valence-corrected chi connectivity index (χ3v) is 2.81. The largest absolute Gasteiger partial charge is 0.363 e. The fraction of sp³-hybridized carbons (Fsp3) is 1.00. The van der Waals surface area contributed by atoms with Crippen LogP contribution in [0.5, 0.6) is 0 Å². The standard InChI is InChI=1S/C8H16F2O5S/c1-4-6(15-16(3,13)14)5(2)8(9,10)7(11)12/h5-7,11-12H,4H2,1-3H3/t5-,6-/m1/s1. The SMILES string of the molecule is CC[C@@H](OS(C)(=O)=O)[C@@H](C)C(F)(F)C(O)O. The number of aliphatic hydroxyl groups excluding tert-OH is 1. The van der Waals surface area contributed by atoms with Gasteiger partial charge in [-0.15, -0.1) is 0 Å². The van der Waals surface area contributed by atoms with Gasteiger partial charge < -0.3 is 10.2 Å². The van der Waals surface area contributed by atoms with Crippen LogP contribution in [0.2, 0.25) is 0 Å². The summed E-state index contributed by atoms with van der Waals surface area (Å²) in [6.45, 7) is 2.46. The first-order valence-corrected chi connectivity index (χ1v) is 6.46. The van der Waals surface area contributed by atoms with Crippen molar-refractivity contribution in [3.05, 3.63) is 0 Å². The molecule has 0 radical (unpaired) electrons. The van der Waals surface area contributed by atoms with Gasteiger partial charge in [0.1, 0.15) is 0 Å². The van der Waals surface area contributed by atoms with Gasteiger partial charge in [-0.3, -0.25) is 4.18 Å². The van der Waals surface area contributed by atoms with Crippen LogP contribution in [0.3, 0.4) is 0 Å². The zero-order valence-electron chi connectivity index (χ0n) is 9.22. The van der Waals surface area contributed by atoms with Crippen molar-refractivity contribution < 1.29 is 31.6 Å². The summed E-state index contributed by atoms with van der Waals surface area (Å²) in [4.78, 5) is 0. The fourth-order valence-corrected chi connectivity index (χ4v) is 1.96. The van der Waals surface area contributed by atoms with E-state index in [0.29, 0.717) is 0 Å². The molecule has 5 nitrogen and oxygen atoms in total. The quantitative estimate of drug-likeness (QED) is 0.532. The molecule has 8 heteroatoms. The molecule has 0 bridgehead atoms. The lowest BCUT2D eigenvalue weighted by Crippen LogP contribution is -2.45. The van der Waals surface area contributed by atoms with Crippen LogP contribution in [-0.4, -0.2) is 43.2 Å². The highest BCUT2D eigenvalue weighted by Crippen LogP contribution is 2.32. The molecule has 98 valence electrons. The molecule has 0 spiro atoms. The topological polar surface area (TPSA) is 83.8 Å². The summed E-state index contributed by atoms with van der Waals surface area (Å²) in [5.74, 6) is -5.46. The van der Waals surface area contributed by atoms with Crippen molar-refractivity contribution >= 4 is 10.1 Å². The number of halogens is 2. The van der Waals surface area contributed by atoms with E-state index < -0.39 is 34.4 Å². The highest BCUT2D eigenvalue weighted by atomic mass is 32.2. The Morgan fingerprint density at radius 3 is 2.06 bits per heavy atom. The summed E-state index contributed by atoms with van der Waals surface area (Å²) in [7, 11) is -3.86. The zero-order chi connectivity index (χ0) is 13.1. The smallest absolute Gasteiger partial charge is 0.302 e. The third kappa shape index (κ3) is 4.28. The molecule has 0 aromatic rings. The number of hydrogen-bond acceptors (Lipinski definition) is 5. The molecular formula is C8H16F2O5S. The first-order valence-electron chi connectivity index (χ1n) is 4.64. The zero-order valence-corrected chi connectivity index (χ0v) is 10.0. The Morgan fingerprint density at radius 2 is 1.81 bits per heavy atom. The second-order valence-electron chi connectivity index (χ2n) is 3.58. The predicted octanol–water partition coefficient (Wildman–Crippen LogP) is 0.323. The molecule has 0 aliphatic rings. The van der Waals surface area contributed by atoms with E-state index in [-0.39, 0.29) is 6.42 Å². The molecule has 0 unspecified atom stereocenters. The minimum absolute atomic E-state index is 0.0105. The molecule has 0 aromatic heterocycles. The lowest BCUT2D eigenvalue weighted by molar-refractivity contribution is -0.241.